The summed E-state index contributed by atoms with van der Waals surface area (Å²) in [6.45, 7) is 4.14. The van der Waals surface area contributed by atoms with E-state index in [0.29, 0.717) is 38.6 Å². The van der Waals surface area contributed by atoms with Gasteiger partial charge in [-0.25, -0.2) is 8.42 Å². The average molecular weight is 356 g/mol. The molecule has 24 heavy (non-hydrogen) atoms. The Morgan fingerprint density at radius 2 is 1.92 bits per heavy atom. The van der Waals surface area contributed by atoms with E-state index in [2.05, 4.69) is 12.2 Å². The second-order valence-electron chi connectivity index (χ2n) is 5.48. The Kier molecular flexibility index (Phi) is 7.01. The van der Waals surface area contributed by atoms with Gasteiger partial charge in [0, 0.05) is 19.6 Å². The fourth-order valence-electron chi connectivity index (χ4n) is 2.25. The SMILES string of the molecule is CCCCNC(=O)COc1ccc(S(=O)(=O)N2CCOCC2)cc1. The molecule has 0 aromatic heterocycles. The normalized spacial score (nSPS) is 15.9. The minimum absolute atomic E-state index is 0.0841. The lowest BCUT2D eigenvalue weighted by molar-refractivity contribution is -0.123. The van der Waals surface area contributed by atoms with Crippen molar-refractivity contribution < 1.29 is 22.7 Å². The number of sulfonamides is 1. The van der Waals surface area contributed by atoms with Crippen LogP contribution in [0.2, 0.25) is 0 Å². The molecule has 1 N–H and O–H groups in total. The van der Waals surface area contributed by atoms with Gasteiger partial charge in [-0.3, -0.25) is 4.79 Å². The zero-order valence-corrected chi connectivity index (χ0v) is 14.7. The summed E-state index contributed by atoms with van der Waals surface area (Å²) < 4.78 is 36.9. The summed E-state index contributed by atoms with van der Waals surface area (Å²) in [6, 6.07) is 6.11. The predicted octanol–water partition coefficient (Wildman–Crippen LogP) is 1.00. The highest BCUT2D eigenvalue weighted by atomic mass is 32.2. The number of morpholine rings is 1. The number of amides is 1. The number of carbonyl (C=O) groups is 1. The molecule has 1 fully saturated rings. The molecule has 0 aliphatic carbocycles. The van der Waals surface area contributed by atoms with Crippen molar-refractivity contribution in [3.63, 3.8) is 0 Å². The first-order chi connectivity index (χ1) is 11.5. The molecule has 134 valence electrons. The van der Waals surface area contributed by atoms with E-state index in [0.717, 1.165) is 12.8 Å². The maximum Gasteiger partial charge on any atom is 0.257 e. The summed E-state index contributed by atoms with van der Waals surface area (Å²) in [7, 11) is -3.51. The van der Waals surface area contributed by atoms with Gasteiger partial charge in [0.05, 0.1) is 18.1 Å². The molecule has 0 radical (unpaired) electrons. The van der Waals surface area contributed by atoms with E-state index in [1.807, 2.05) is 0 Å². The third-order valence-corrected chi connectivity index (χ3v) is 5.57. The zero-order chi connectivity index (χ0) is 17.4. The number of carbonyl (C=O) groups excluding carboxylic acids is 1. The number of benzene rings is 1. The van der Waals surface area contributed by atoms with Crippen LogP contribution in [0.15, 0.2) is 29.2 Å². The lowest BCUT2D eigenvalue weighted by Crippen LogP contribution is -2.40. The topological polar surface area (TPSA) is 84.9 Å². The maximum absolute atomic E-state index is 12.5. The van der Waals surface area contributed by atoms with Crippen LogP contribution in [0.1, 0.15) is 19.8 Å². The van der Waals surface area contributed by atoms with E-state index in [4.69, 9.17) is 9.47 Å². The van der Waals surface area contributed by atoms with Crippen molar-refractivity contribution in [1.29, 1.82) is 0 Å². The Bertz CT molecular complexity index is 624. The number of hydrogen-bond donors (Lipinski definition) is 1. The molecule has 1 aliphatic rings. The van der Waals surface area contributed by atoms with Crippen LogP contribution >= 0.6 is 0 Å². The highest BCUT2D eigenvalue weighted by Crippen LogP contribution is 2.20. The third-order valence-electron chi connectivity index (χ3n) is 3.65. The van der Waals surface area contributed by atoms with Gasteiger partial charge >= 0.3 is 0 Å². The van der Waals surface area contributed by atoms with Crippen molar-refractivity contribution in [2.24, 2.45) is 0 Å². The van der Waals surface area contributed by atoms with Gasteiger partial charge in [-0.1, -0.05) is 13.3 Å². The summed E-state index contributed by atoms with van der Waals surface area (Å²) in [5, 5.41) is 2.75. The van der Waals surface area contributed by atoms with Crippen LogP contribution in [0.4, 0.5) is 0 Å². The fraction of sp³-hybridized carbons (Fsp3) is 0.562. The van der Waals surface area contributed by atoms with Crippen LogP contribution in [0.3, 0.4) is 0 Å². The molecule has 1 heterocycles. The first-order valence-electron chi connectivity index (χ1n) is 8.11. The summed E-state index contributed by atoms with van der Waals surface area (Å²) in [6.07, 6.45) is 1.94. The van der Waals surface area contributed by atoms with Crippen LogP contribution in [-0.4, -0.2) is 58.1 Å². The lowest BCUT2D eigenvalue weighted by Gasteiger charge is -2.26. The van der Waals surface area contributed by atoms with Crippen molar-refractivity contribution in [1.82, 2.24) is 9.62 Å². The highest BCUT2D eigenvalue weighted by Gasteiger charge is 2.26. The van der Waals surface area contributed by atoms with E-state index < -0.39 is 10.0 Å². The van der Waals surface area contributed by atoms with Crippen LogP contribution in [0, 0.1) is 0 Å². The Balaban J connectivity index is 1.89. The summed E-state index contributed by atoms with van der Waals surface area (Å²) in [4.78, 5) is 11.8. The molecule has 0 unspecified atom stereocenters. The summed E-state index contributed by atoms with van der Waals surface area (Å²) >= 11 is 0. The smallest absolute Gasteiger partial charge is 0.257 e. The van der Waals surface area contributed by atoms with Crippen molar-refractivity contribution in [2.75, 3.05) is 39.5 Å². The molecule has 1 saturated heterocycles. The third kappa shape index (κ3) is 5.19. The number of ether oxygens (including phenoxy) is 2. The molecule has 0 atom stereocenters. The van der Waals surface area contributed by atoms with Crippen LogP contribution < -0.4 is 10.1 Å². The van der Waals surface area contributed by atoms with Crippen molar-refractivity contribution in [3.8, 4) is 5.75 Å². The minimum atomic E-state index is -3.51. The monoisotopic (exact) mass is 356 g/mol. The lowest BCUT2D eigenvalue weighted by atomic mass is 10.3. The second kappa shape index (κ2) is 9.00. The number of nitrogens with one attached hydrogen (secondary N) is 1. The van der Waals surface area contributed by atoms with Crippen LogP contribution in [0.5, 0.6) is 5.75 Å². The molecule has 8 heteroatoms. The predicted molar refractivity (Wildman–Crippen MR) is 89.4 cm³/mol. The van der Waals surface area contributed by atoms with Gasteiger partial charge in [0.1, 0.15) is 5.75 Å². The molecule has 0 saturated carbocycles. The number of unbranched alkanes of at least 4 members (excludes halogenated alkanes) is 1. The fourth-order valence-corrected chi connectivity index (χ4v) is 3.66. The van der Waals surface area contributed by atoms with E-state index in [9.17, 15) is 13.2 Å². The maximum atomic E-state index is 12.5. The molecule has 1 aromatic carbocycles. The molecule has 0 spiro atoms. The van der Waals surface area contributed by atoms with Gasteiger partial charge in [0.15, 0.2) is 6.61 Å². The Morgan fingerprint density at radius 3 is 2.54 bits per heavy atom. The minimum Gasteiger partial charge on any atom is -0.484 e. The standard InChI is InChI=1S/C16H24N2O5S/c1-2-3-8-17-16(19)13-23-14-4-6-15(7-5-14)24(20,21)18-9-11-22-12-10-18/h4-7H,2-3,8-13H2,1H3,(H,17,19). The number of rotatable bonds is 8. The second-order valence-corrected chi connectivity index (χ2v) is 7.42. The van der Waals surface area contributed by atoms with Crippen LogP contribution in [0.25, 0.3) is 0 Å². The largest absolute Gasteiger partial charge is 0.484 e. The molecule has 1 amide bonds. The Morgan fingerprint density at radius 1 is 1.25 bits per heavy atom. The van der Waals surface area contributed by atoms with Crippen molar-refractivity contribution in [2.45, 2.75) is 24.7 Å². The van der Waals surface area contributed by atoms with E-state index >= 15 is 0 Å². The van der Waals surface area contributed by atoms with Crippen molar-refractivity contribution >= 4 is 15.9 Å². The average Bonchev–Trinajstić information content (AvgIpc) is 2.61. The quantitative estimate of drug-likeness (QED) is 0.703. The molecule has 1 aliphatic heterocycles. The molecule has 7 nitrogen and oxygen atoms in total. The first-order valence-corrected chi connectivity index (χ1v) is 9.55. The zero-order valence-electron chi connectivity index (χ0n) is 13.9. The molecular weight excluding hydrogens is 332 g/mol. The number of hydrogen-bond acceptors (Lipinski definition) is 5. The van der Waals surface area contributed by atoms with Gasteiger partial charge in [0.25, 0.3) is 5.91 Å². The van der Waals surface area contributed by atoms with Crippen molar-refractivity contribution in [3.05, 3.63) is 24.3 Å². The van der Waals surface area contributed by atoms with E-state index in [1.165, 1.54) is 16.4 Å². The number of nitrogens with zero attached hydrogens (tertiary/aromatic N) is 1. The molecule has 0 bridgehead atoms. The Labute approximate surface area is 143 Å². The summed E-state index contributed by atoms with van der Waals surface area (Å²) in [5.41, 5.74) is 0. The summed E-state index contributed by atoms with van der Waals surface area (Å²) in [5.74, 6) is 0.273. The van der Waals surface area contributed by atoms with E-state index in [1.54, 1.807) is 12.1 Å². The molecule has 2 rings (SSSR count). The van der Waals surface area contributed by atoms with Gasteiger partial charge in [-0.15, -0.1) is 0 Å². The molecule has 1 aromatic rings. The van der Waals surface area contributed by atoms with E-state index in [-0.39, 0.29) is 17.4 Å². The Hall–Kier alpha value is -1.64. The van der Waals surface area contributed by atoms with Gasteiger partial charge in [-0.05, 0) is 30.7 Å². The van der Waals surface area contributed by atoms with Gasteiger partial charge in [-0.2, -0.15) is 4.31 Å². The molecular formula is C16H24N2O5S. The van der Waals surface area contributed by atoms with Gasteiger partial charge in [0.2, 0.25) is 10.0 Å². The highest BCUT2D eigenvalue weighted by molar-refractivity contribution is 7.89. The van der Waals surface area contributed by atoms with Gasteiger partial charge < -0.3 is 14.8 Å². The first kappa shape index (κ1) is 18.7. The van der Waals surface area contributed by atoms with Crippen LogP contribution in [-0.2, 0) is 19.6 Å².